The number of ether oxygens (including phenoxy) is 1. The highest BCUT2D eigenvalue weighted by atomic mass is 127. The van der Waals surface area contributed by atoms with E-state index in [1.165, 1.54) is 12.8 Å². The van der Waals surface area contributed by atoms with Crippen LogP contribution in [0.2, 0.25) is 5.02 Å². The van der Waals surface area contributed by atoms with Crippen LogP contribution in [-0.2, 0) is 10.3 Å². The van der Waals surface area contributed by atoms with E-state index in [0.29, 0.717) is 45.5 Å². The first kappa shape index (κ1) is 45.5. The summed E-state index contributed by atoms with van der Waals surface area (Å²) in [6, 6.07) is 37.7. The van der Waals surface area contributed by atoms with Crippen molar-refractivity contribution >= 4 is 73.9 Å². The molecule has 0 unspecified atom stereocenters. The molecule has 0 radical (unpaired) electrons. The Morgan fingerprint density at radius 3 is 1.97 bits per heavy atom. The van der Waals surface area contributed by atoms with Crippen molar-refractivity contribution in [3.05, 3.63) is 146 Å². The van der Waals surface area contributed by atoms with Gasteiger partial charge in [0.25, 0.3) is 0 Å². The van der Waals surface area contributed by atoms with Crippen LogP contribution in [0.3, 0.4) is 0 Å². The van der Waals surface area contributed by atoms with Gasteiger partial charge in [-0.1, -0.05) is 109 Å². The Labute approximate surface area is 411 Å². The molecule has 1 saturated carbocycles. The van der Waals surface area contributed by atoms with Gasteiger partial charge in [0.2, 0.25) is 5.95 Å². The van der Waals surface area contributed by atoms with Crippen molar-refractivity contribution in [3.63, 3.8) is 0 Å². The van der Waals surface area contributed by atoms with Crippen molar-refractivity contribution < 1.29 is 13.9 Å². The van der Waals surface area contributed by atoms with E-state index >= 15 is 4.39 Å². The monoisotopic (exact) mass is 1030 g/mol. The van der Waals surface area contributed by atoms with Crippen molar-refractivity contribution in [2.45, 2.75) is 103 Å². The molecule has 13 heteroatoms. The summed E-state index contributed by atoms with van der Waals surface area (Å²) >= 11 is 9.76. The van der Waals surface area contributed by atoms with Gasteiger partial charge >= 0.3 is 6.09 Å². The molecule has 1 aliphatic carbocycles. The van der Waals surface area contributed by atoms with Gasteiger partial charge in [0, 0.05) is 72.2 Å². The highest BCUT2D eigenvalue weighted by Crippen LogP contribution is 2.48. The summed E-state index contributed by atoms with van der Waals surface area (Å²) in [5.41, 5.74) is 4.35. The molecule has 1 N–H and O–H groups in total. The van der Waals surface area contributed by atoms with Crippen LogP contribution in [0.1, 0.15) is 82.6 Å². The Morgan fingerprint density at radius 1 is 0.806 bits per heavy atom. The van der Waals surface area contributed by atoms with Crippen LogP contribution in [0.25, 0.3) is 32.9 Å². The Bertz CT molecular complexity index is 2860. The van der Waals surface area contributed by atoms with E-state index in [9.17, 15) is 4.79 Å². The number of amides is 1. The van der Waals surface area contributed by atoms with Crippen molar-refractivity contribution in [3.8, 4) is 11.1 Å². The standard InChI is InChI=1S/C54H57ClFIN8O2/c1-33-22-25-43-46(49(57)61-65(43)54(36-16-10-7-11-17-36,37-18-12-8-13-19-37)38-20-14-9-15-21-38)44(33)45-42(55)30-41-48(47(45)56)59-51(58-39-26-28-62(29-27-39)40-23-24-40)60-50(41)63-31-35(3)64(32-34(63)2)52(66)67-53(4,5)6/h7-22,25,30,34-35,39-40H,23-24,26-29,31-32H2,1-6H3,(H,58,59,60)/t34-,35+/m0/s1. The van der Waals surface area contributed by atoms with Crippen molar-refractivity contribution in [2.75, 3.05) is 36.4 Å². The van der Waals surface area contributed by atoms with Gasteiger partial charge < -0.3 is 24.8 Å². The van der Waals surface area contributed by atoms with Gasteiger partial charge in [-0.2, -0.15) is 10.1 Å². The number of piperazine rings is 1. The van der Waals surface area contributed by atoms with Crippen LogP contribution in [0.4, 0.5) is 21.0 Å². The summed E-state index contributed by atoms with van der Waals surface area (Å²) in [4.78, 5) is 30.2. The number of benzene rings is 5. The third-order valence-electron chi connectivity index (χ3n) is 13.8. The fraction of sp³-hybridized carbons (Fsp3) is 0.370. The lowest BCUT2D eigenvalue weighted by atomic mass is 9.77. The molecule has 1 amide bonds. The van der Waals surface area contributed by atoms with Gasteiger partial charge in [-0.05, 0) is 124 Å². The van der Waals surface area contributed by atoms with Crippen LogP contribution in [0.5, 0.6) is 0 Å². The number of fused-ring (bicyclic) bond motifs is 2. The first-order valence-electron chi connectivity index (χ1n) is 23.5. The predicted molar refractivity (Wildman–Crippen MR) is 276 cm³/mol. The molecule has 67 heavy (non-hydrogen) atoms. The minimum atomic E-state index is -0.900. The van der Waals surface area contributed by atoms with Crippen molar-refractivity contribution in [1.82, 2.24) is 29.5 Å². The van der Waals surface area contributed by atoms with Gasteiger partial charge in [-0.25, -0.2) is 18.9 Å². The van der Waals surface area contributed by atoms with Crippen molar-refractivity contribution in [2.24, 2.45) is 0 Å². The summed E-state index contributed by atoms with van der Waals surface area (Å²) in [5.74, 6) is 0.434. The normalized spacial score (nSPS) is 18.8. The topological polar surface area (TPSA) is 91.7 Å². The zero-order chi connectivity index (χ0) is 46.8. The van der Waals surface area contributed by atoms with Crippen LogP contribution in [-0.4, -0.2) is 91.6 Å². The molecule has 5 aromatic carbocycles. The highest BCUT2D eigenvalue weighted by Gasteiger charge is 2.42. The Balaban J connectivity index is 1.15. The number of nitrogens with zero attached hydrogens (tertiary/aromatic N) is 7. The Kier molecular flexibility index (Phi) is 12.2. The largest absolute Gasteiger partial charge is 0.444 e. The second-order valence-electron chi connectivity index (χ2n) is 19.6. The number of piperidine rings is 1. The minimum Gasteiger partial charge on any atom is -0.444 e. The summed E-state index contributed by atoms with van der Waals surface area (Å²) in [6.45, 7) is 14.6. The van der Waals surface area contributed by atoms with E-state index in [4.69, 9.17) is 31.4 Å². The van der Waals surface area contributed by atoms with E-state index in [0.717, 1.165) is 59.1 Å². The summed E-state index contributed by atoms with van der Waals surface area (Å²) in [7, 11) is 0. The maximum atomic E-state index is 18.3. The molecule has 3 fully saturated rings. The van der Waals surface area contributed by atoms with Gasteiger partial charge in [-0.15, -0.1) is 0 Å². The number of hydrogen-bond acceptors (Lipinski definition) is 8. The quantitative estimate of drug-likeness (QED) is 0.113. The third kappa shape index (κ3) is 8.41. The lowest BCUT2D eigenvalue weighted by Gasteiger charge is -2.45. The summed E-state index contributed by atoms with van der Waals surface area (Å²) in [6.07, 6.45) is 4.10. The minimum absolute atomic E-state index is 0.137. The molecule has 0 bridgehead atoms. The number of nitrogens with one attached hydrogen (secondary N) is 1. The molecule has 10 rings (SSSR count). The average Bonchev–Trinajstić information content (AvgIpc) is 4.11. The van der Waals surface area contributed by atoms with E-state index in [2.05, 4.69) is 128 Å². The molecule has 346 valence electrons. The fourth-order valence-electron chi connectivity index (χ4n) is 10.5. The number of anilines is 2. The molecule has 2 saturated heterocycles. The molecule has 2 aromatic heterocycles. The van der Waals surface area contributed by atoms with Crippen LogP contribution in [0.15, 0.2) is 109 Å². The number of aromatic nitrogens is 4. The SMILES string of the molecule is Cc1ccc2c(c(I)nn2C(c2ccccc2)(c2ccccc2)c2ccccc2)c1-c1c(Cl)cc2c(N3C[C@@H](C)N(C(=O)OC(C)(C)C)C[C@@H]3C)nc(NC3CCN(C4CC4)CC3)nc2c1F. The van der Waals surface area contributed by atoms with Gasteiger partial charge in [0.1, 0.15) is 26.2 Å². The summed E-state index contributed by atoms with van der Waals surface area (Å²) < 4.78 is 27.0. The number of rotatable bonds is 9. The Morgan fingerprint density at radius 2 is 1.40 bits per heavy atom. The zero-order valence-corrected chi connectivity index (χ0v) is 41.9. The molecule has 7 aromatic rings. The third-order valence-corrected chi connectivity index (χ3v) is 14.9. The summed E-state index contributed by atoms with van der Waals surface area (Å²) in [5, 5.41) is 10.6. The van der Waals surface area contributed by atoms with Crippen molar-refractivity contribution in [1.29, 1.82) is 0 Å². The smallest absolute Gasteiger partial charge is 0.410 e. The second kappa shape index (κ2) is 18.0. The molecular formula is C54H57ClFIN8O2. The lowest BCUT2D eigenvalue weighted by Crippen LogP contribution is -2.59. The van der Waals surface area contributed by atoms with Gasteiger partial charge in [0.05, 0.1) is 10.5 Å². The van der Waals surface area contributed by atoms with E-state index < -0.39 is 17.0 Å². The van der Waals surface area contributed by atoms with Crippen LogP contribution in [0, 0.1) is 16.4 Å². The van der Waals surface area contributed by atoms with Crippen LogP contribution < -0.4 is 10.2 Å². The highest BCUT2D eigenvalue weighted by molar-refractivity contribution is 14.1. The lowest BCUT2D eigenvalue weighted by molar-refractivity contribution is 0.0130. The average molecular weight is 1030 g/mol. The fourth-order valence-corrected chi connectivity index (χ4v) is 11.5. The number of carbonyl (C=O) groups is 1. The van der Waals surface area contributed by atoms with Gasteiger partial charge in [0.15, 0.2) is 5.82 Å². The molecule has 0 spiro atoms. The maximum absolute atomic E-state index is 18.3. The number of aryl methyl sites for hydroxylation is 1. The predicted octanol–water partition coefficient (Wildman–Crippen LogP) is 12.1. The number of halogens is 3. The molecule has 2 atom stereocenters. The molecule has 2 aliphatic heterocycles. The van der Waals surface area contributed by atoms with E-state index in [-0.39, 0.29) is 40.3 Å². The Hall–Kier alpha value is -5.31. The number of likely N-dealkylation sites (tertiary alicyclic amines) is 1. The molecule has 3 aliphatic rings. The van der Waals surface area contributed by atoms with E-state index in [1.54, 1.807) is 4.90 Å². The first-order chi connectivity index (χ1) is 32.2. The molecule has 10 nitrogen and oxygen atoms in total. The first-order valence-corrected chi connectivity index (χ1v) is 25.0. The van der Waals surface area contributed by atoms with Crippen LogP contribution >= 0.6 is 34.2 Å². The maximum Gasteiger partial charge on any atom is 0.410 e. The zero-order valence-electron chi connectivity index (χ0n) is 38.9. The molecular weight excluding hydrogens is 974 g/mol. The number of hydrogen-bond donors (Lipinski definition) is 1. The molecule has 4 heterocycles. The second-order valence-corrected chi connectivity index (χ2v) is 21.1. The van der Waals surface area contributed by atoms with Gasteiger partial charge in [-0.3, -0.25) is 0 Å². The number of carbonyl (C=O) groups excluding carboxylic acids is 1. The van der Waals surface area contributed by atoms with E-state index in [1.807, 2.05) is 65.0 Å².